The molecule has 0 bridgehead atoms. The van der Waals surface area contributed by atoms with Crippen LogP contribution in [0.4, 0.5) is 0 Å². The van der Waals surface area contributed by atoms with Crippen molar-refractivity contribution in [3.8, 4) is 0 Å². The molecular weight excluding hydrogens is 834 g/mol. The normalized spacial score (nSPS) is 28.3. The van der Waals surface area contributed by atoms with Gasteiger partial charge in [0.1, 0.15) is 48.7 Å². The zero-order valence-electron chi connectivity index (χ0n) is 31.5. The van der Waals surface area contributed by atoms with Crippen LogP contribution in [0.2, 0.25) is 0 Å². The van der Waals surface area contributed by atoms with Gasteiger partial charge in [0.05, 0.1) is 58.2 Å². The number of ether oxygens (including phenoxy) is 6. The van der Waals surface area contributed by atoms with Crippen LogP contribution in [0.1, 0.15) is 20.3 Å². The van der Waals surface area contributed by atoms with Crippen LogP contribution < -0.4 is 21.3 Å². The van der Waals surface area contributed by atoms with E-state index in [0.717, 1.165) is 17.1 Å². The Morgan fingerprint density at radius 3 is 1.49 bits per heavy atom. The highest BCUT2D eigenvalue weighted by Gasteiger charge is 2.46. The molecule has 10 atom stereocenters. The van der Waals surface area contributed by atoms with E-state index in [2.05, 4.69) is 37.2 Å². The standard InChI is InChI=1S/C19H29N3O10.C14H25BrN2O8/c1-11(24)21-16-18(29)17(28)12(10-23)32-19(16)31-9-8-30-7-5-20-13(25)4-6-22-14(26)2-3-15(22)27;1-8(19)17-11-13(22)12(21)9(7-18)25-14(11)24-5-4-23-3-2-16-10(20)6-15/h2-3,12,16-19,23,28-29H,4-10H2,1H3,(H,20,25)(H,21,24);9,11-14,18,21-22H,2-7H2,1H3,(H,16,20)(H,17,19). The second kappa shape index (κ2) is 26.7. The summed E-state index contributed by atoms with van der Waals surface area (Å²) in [7, 11) is 0. The third-order valence-corrected chi connectivity index (χ3v) is 8.75. The van der Waals surface area contributed by atoms with Gasteiger partial charge in [-0.3, -0.25) is 33.7 Å². The van der Waals surface area contributed by atoms with Crippen LogP contribution in [0.15, 0.2) is 12.2 Å². The number of carbonyl (C=O) groups is 6. The minimum Gasteiger partial charge on any atom is -0.394 e. The second-order valence-corrected chi connectivity index (χ2v) is 13.1. The first-order valence-electron chi connectivity index (χ1n) is 18.0. The second-order valence-electron chi connectivity index (χ2n) is 12.6. The first kappa shape index (κ1) is 49.9. The Balaban J connectivity index is 0.000000406. The Labute approximate surface area is 336 Å². The molecule has 24 heteroatoms. The number of carbonyl (C=O) groups excluding carboxylic acids is 6. The number of nitrogens with zero attached hydrogens (tertiary/aromatic N) is 1. The van der Waals surface area contributed by atoms with Gasteiger partial charge in [0.2, 0.25) is 23.6 Å². The third-order valence-electron chi connectivity index (χ3n) is 8.24. The zero-order chi connectivity index (χ0) is 42.5. The summed E-state index contributed by atoms with van der Waals surface area (Å²) in [6.45, 7) is 2.87. The summed E-state index contributed by atoms with van der Waals surface area (Å²) in [5.74, 6) is -2.25. The number of halogens is 1. The number of alkyl halides is 1. The highest BCUT2D eigenvalue weighted by atomic mass is 79.9. The van der Waals surface area contributed by atoms with Gasteiger partial charge in [-0.15, -0.1) is 0 Å². The van der Waals surface area contributed by atoms with Crippen molar-refractivity contribution in [1.82, 2.24) is 26.2 Å². The molecule has 3 aliphatic rings. The predicted octanol–water partition coefficient (Wildman–Crippen LogP) is -6.13. The van der Waals surface area contributed by atoms with Gasteiger partial charge in [-0.05, 0) is 0 Å². The van der Waals surface area contributed by atoms with Crippen molar-refractivity contribution < 1.29 is 87.8 Å². The molecule has 0 aliphatic carbocycles. The van der Waals surface area contributed by atoms with Crippen LogP contribution in [0, 0.1) is 0 Å². The van der Waals surface area contributed by atoms with E-state index in [4.69, 9.17) is 28.4 Å². The summed E-state index contributed by atoms with van der Waals surface area (Å²) in [4.78, 5) is 69.2. The zero-order valence-corrected chi connectivity index (χ0v) is 33.1. The molecule has 23 nitrogen and oxygen atoms in total. The lowest BCUT2D eigenvalue weighted by atomic mass is 9.97. The molecule has 0 aromatic rings. The Morgan fingerprint density at radius 1 is 0.684 bits per heavy atom. The highest BCUT2D eigenvalue weighted by molar-refractivity contribution is 9.09. The lowest BCUT2D eigenvalue weighted by Gasteiger charge is -2.42. The van der Waals surface area contributed by atoms with E-state index < -0.39 is 98.1 Å². The van der Waals surface area contributed by atoms with Gasteiger partial charge in [0, 0.05) is 52.1 Å². The van der Waals surface area contributed by atoms with Crippen molar-refractivity contribution >= 4 is 51.4 Å². The SMILES string of the molecule is CC(=O)NC1C(OCCOCCNC(=O)CBr)OC(CO)C(O)C1O.CC(=O)NC1C(OCCOCCNC(=O)CCN2C(=O)C=CC2=O)OC(CO)C(O)C1O. The maximum absolute atomic E-state index is 11.8. The van der Waals surface area contributed by atoms with Crippen LogP contribution in [0.25, 0.3) is 0 Å². The molecule has 2 fully saturated rings. The summed E-state index contributed by atoms with van der Waals surface area (Å²) in [6.07, 6.45) is -7.45. The quantitative estimate of drug-likeness (QED) is 0.0275. The largest absolute Gasteiger partial charge is 0.394 e. The van der Waals surface area contributed by atoms with Crippen LogP contribution in [0.5, 0.6) is 0 Å². The van der Waals surface area contributed by atoms with Gasteiger partial charge in [-0.25, -0.2) is 0 Å². The van der Waals surface area contributed by atoms with Crippen molar-refractivity contribution in [3.05, 3.63) is 12.2 Å². The Morgan fingerprint density at radius 2 is 1.11 bits per heavy atom. The maximum atomic E-state index is 11.8. The number of aliphatic hydroxyl groups is 6. The van der Waals surface area contributed by atoms with E-state index in [1.54, 1.807) is 0 Å². The van der Waals surface area contributed by atoms with Gasteiger partial charge in [0.15, 0.2) is 12.6 Å². The number of hydrogen-bond acceptors (Lipinski definition) is 18. The number of nitrogens with one attached hydrogen (secondary N) is 4. The lowest BCUT2D eigenvalue weighted by molar-refractivity contribution is -0.272. The Kier molecular flexibility index (Phi) is 23.4. The van der Waals surface area contributed by atoms with Gasteiger partial charge < -0.3 is 80.3 Å². The molecule has 0 aromatic heterocycles. The number of aliphatic hydroxyl groups excluding tert-OH is 6. The average molecular weight is 889 g/mol. The molecule has 57 heavy (non-hydrogen) atoms. The molecular formula is C33H54BrN5O18. The molecule has 3 heterocycles. The van der Waals surface area contributed by atoms with Crippen LogP contribution >= 0.6 is 15.9 Å². The van der Waals surface area contributed by atoms with Gasteiger partial charge in [-0.2, -0.15) is 0 Å². The monoisotopic (exact) mass is 887 g/mol. The highest BCUT2D eigenvalue weighted by Crippen LogP contribution is 2.23. The van der Waals surface area contributed by atoms with Crippen LogP contribution in [-0.2, 0) is 57.2 Å². The smallest absolute Gasteiger partial charge is 0.253 e. The fourth-order valence-corrected chi connectivity index (χ4v) is 5.60. The van der Waals surface area contributed by atoms with Gasteiger partial charge >= 0.3 is 0 Å². The topological polar surface area (TPSA) is 331 Å². The molecule has 10 N–H and O–H groups in total. The molecule has 3 rings (SSSR count). The molecule has 0 aromatic carbocycles. The van der Waals surface area contributed by atoms with E-state index in [1.807, 2.05) is 0 Å². The fourth-order valence-electron chi connectivity index (χ4n) is 5.40. The maximum Gasteiger partial charge on any atom is 0.253 e. The molecule has 2 saturated heterocycles. The number of rotatable bonds is 22. The van der Waals surface area contributed by atoms with Crippen molar-refractivity contribution in [2.45, 2.75) is 81.6 Å². The summed E-state index contributed by atoms with van der Waals surface area (Å²) < 4.78 is 32.4. The number of amides is 6. The number of imide groups is 1. The van der Waals surface area contributed by atoms with Crippen molar-refractivity contribution in [3.63, 3.8) is 0 Å². The van der Waals surface area contributed by atoms with E-state index in [0.29, 0.717) is 13.2 Å². The van der Waals surface area contributed by atoms with E-state index >= 15 is 0 Å². The van der Waals surface area contributed by atoms with Crippen molar-refractivity contribution in [2.75, 3.05) is 77.8 Å². The van der Waals surface area contributed by atoms with Crippen molar-refractivity contribution in [2.24, 2.45) is 0 Å². The van der Waals surface area contributed by atoms with E-state index in [9.17, 15) is 59.4 Å². The van der Waals surface area contributed by atoms with Gasteiger partial charge in [-0.1, -0.05) is 15.9 Å². The van der Waals surface area contributed by atoms with Gasteiger partial charge in [0.25, 0.3) is 11.8 Å². The average Bonchev–Trinajstić information content (AvgIpc) is 3.50. The lowest BCUT2D eigenvalue weighted by Crippen LogP contribution is -2.64. The van der Waals surface area contributed by atoms with Crippen molar-refractivity contribution in [1.29, 1.82) is 0 Å². The molecule has 6 amide bonds. The summed E-state index contributed by atoms with van der Waals surface area (Å²) in [6, 6.07) is -2.01. The first-order chi connectivity index (χ1) is 27.1. The predicted molar refractivity (Wildman–Crippen MR) is 195 cm³/mol. The summed E-state index contributed by atoms with van der Waals surface area (Å²) in [5.41, 5.74) is 0. The Bertz CT molecular complexity index is 1310. The molecule has 10 unspecified atom stereocenters. The minimum absolute atomic E-state index is 0.00255. The molecule has 0 saturated carbocycles. The number of hydrogen-bond donors (Lipinski definition) is 10. The first-order valence-corrected chi connectivity index (χ1v) is 19.1. The molecule has 326 valence electrons. The van der Waals surface area contributed by atoms with E-state index in [1.165, 1.54) is 13.8 Å². The molecule has 0 radical (unpaired) electrons. The van der Waals surface area contributed by atoms with E-state index in [-0.39, 0.29) is 69.7 Å². The summed E-state index contributed by atoms with van der Waals surface area (Å²) >= 11 is 3.02. The minimum atomic E-state index is -1.40. The Hall–Kier alpha value is -3.24. The van der Waals surface area contributed by atoms with Crippen LogP contribution in [0.3, 0.4) is 0 Å². The molecule has 3 aliphatic heterocycles. The molecule has 0 spiro atoms. The van der Waals surface area contributed by atoms with Crippen LogP contribution in [-0.4, -0.2) is 210 Å². The summed E-state index contributed by atoms with van der Waals surface area (Å²) in [5, 5.41) is 68.9. The fraction of sp³-hybridized carbons (Fsp3) is 0.758. The third kappa shape index (κ3) is 17.3.